The van der Waals surface area contributed by atoms with Crippen LogP contribution in [0.5, 0.6) is 0 Å². The van der Waals surface area contributed by atoms with Crippen LogP contribution in [0.2, 0.25) is 10.0 Å². The Morgan fingerprint density at radius 2 is 1.71 bits per heavy atom. The van der Waals surface area contributed by atoms with Crippen molar-refractivity contribution in [2.75, 3.05) is 10.8 Å². The predicted molar refractivity (Wildman–Crippen MR) is 127 cm³/mol. The lowest BCUT2D eigenvalue weighted by Crippen LogP contribution is -2.39. The minimum Gasteiger partial charge on any atom is -0.271 e. The van der Waals surface area contributed by atoms with Crippen molar-refractivity contribution < 1.29 is 13.2 Å². The Hall–Kier alpha value is -2.39. The Balaban J connectivity index is 1.86. The van der Waals surface area contributed by atoms with Crippen molar-refractivity contribution in [1.29, 1.82) is 0 Å². The molecule has 1 N–H and O–H groups in total. The molecule has 0 fully saturated rings. The molecule has 3 aromatic carbocycles. The highest BCUT2D eigenvalue weighted by Crippen LogP contribution is 2.32. The van der Waals surface area contributed by atoms with Crippen LogP contribution < -0.4 is 9.73 Å². The summed E-state index contributed by atoms with van der Waals surface area (Å²) in [6.07, 6.45) is 1.45. The van der Waals surface area contributed by atoms with Gasteiger partial charge in [-0.05, 0) is 48.0 Å². The van der Waals surface area contributed by atoms with E-state index >= 15 is 0 Å². The maximum atomic E-state index is 13.2. The van der Waals surface area contributed by atoms with Crippen molar-refractivity contribution in [3.05, 3.63) is 92.9 Å². The first-order chi connectivity index (χ1) is 14.8. The largest absolute Gasteiger partial charge is 0.271 e. The highest BCUT2D eigenvalue weighted by atomic mass is 79.9. The summed E-state index contributed by atoms with van der Waals surface area (Å²) in [5.41, 5.74) is 3.23. The predicted octanol–water partition coefficient (Wildman–Crippen LogP) is 5.10. The molecule has 0 heterocycles. The molecule has 0 aliphatic rings. The fourth-order valence-corrected chi connectivity index (χ4v) is 4.88. The molecule has 0 spiro atoms. The topological polar surface area (TPSA) is 78.8 Å². The van der Waals surface area contributed by atoms with E-state index in [9.17, 15) is 13.2 Å². The summed E-state index contributed by atoms with van der Waals surface area (Å²) in [6, 6.07) is 19.4. The van der Waals surface area contributed by atoms with E-state index in [0.29, 0.717) is 5.02 Å². The molecule has 10 heteroatoms. The maximum Gasteiger partial charge on any atom is 0.264 e. The second-order valence-corrected chi connectivity index (χ2v) is 9.89. The van der Waals surface area contributed by atoms with Crippen LogP contribution in [0.25, 0.3) is 0 Å². The number of nitrogens with one attached hydrogen (secondary N) is 1. The molecule has 0 atom stereocenters. The first kappa shape index (κ1) is 23.3. The highest BCUT2D eigenvalue weighted by molar-refractivity contribution is 9.10. The summed E-state index contributed by atoms with van der Waals surface area (Å²) >= 11 is 15.5. The quantitative estimate of drug-likeness (QED) is 0.334. The van der Waals surface area contributed by atoms with E-state index in [-0.39, 0.29) is 15.6 Å². The minimum atomic E-state index is -4.08. The minimum absolute atomic E-state index is 0.0205. The molecule has 160 valence electrons. The smallest absolute Gasteiger partial charge is 0.264 e. The van der Waals surface area contributed by atoms with Crippen molar-refractivity contribution >= 4 is 67.0 Å². The molecule has 3 aromatic rings. The lowest BCUT2D eigenvalue weighted by atomic mass is 10.2. The van der Waals surface area contributed by atoms with E-state index < -0.39 is 22.5 Å². The molecule has 0 bridgehead atoms. The molecular weight excluding hydrogens is 525 g/mol. The van der Waals surface area contributed by atoms with Crippen molar-refractivity contribution in [2.45, 2.75) is 4.90 Å². The molecule has 31 heavy (non-hydrogen) atoms. The van der Waals surface area contributed by atoms with Gasteiger partial charge in [0.15, 0.2) is 0 Å². The van der Waals surface area contributed by atoms with Gasteiger partial charge in [-0.15, -0.1) is 0 Å². The number of hydrogen-bond acceptors (Lipinski definition) is 4. The zero-order valence-electron chi connectivity index (χ0n) is 15.9. The number of nitrogens with zero attached hydrogens (tertiary/aromatic N) is 2. The SMILES string of the molecule is O=C(CN(c1ccc(Cl)cc1Cl)S(=O)(=O)c1ccccc1)N/N=C\c1ccc(Br)cc1. The monoisotopic (exact) mass is 539 g/mol. The average molecular weight is 541 g/mol. The van der Waals surface area contributed by atoms with Crippen LogP contribution in [0.4, 0.5) is 5.69 Å². The number of carbonyl (C=O) groups excluding carboxylic acids is 1. The lowest BCUT2D eigenvalue weighted by molar-refractivity contribution is -0.119. The summed E-state index contributed by atoms with van der Waals surface area (Å²) in [6.45, 7) is -0.531. The van der Waals surface area contributed by atoms with Crippen molar-refractivity contribution in [3.63, 3.8) is 0 Å². The highest BCUT2D eigenvalue weighted by Gasteiger charge is 2.28. The third-order valence-corrected chi connectivity index (χ3v) is 6.91. The first-order valence-corrected chi connectivity index (χ1v) is 11.9. The van der Waals surface area contributed by atoms with Gasteiger partial charge in [0, 0.05) is 9.50 Å². The van der Waals surface area contributed by atoms with E-state index in [2.05, 4.69) is 26.5 Å². The second-order valence-electron chi connectivity index (χ2n) is 6.27. The van der Waals surface area contributed by atoms with Gasteiger partial charge in [-0.3, -0.25) is 9.10 Å². The van der Waals surface area contributed by atoms with Gasteiger partial charge in [0.05, 0.1) is 21.8 Å². The third kappa shape index (κ3) is 6.07. The van der Waals surface area contributed by atoms with Gasteiger partial charge >= 0.3 is 0 Å². The maximum absolute atomic E-state index is 13.2. The summed E-state index contributed by atoms with van der Waals surface area (Å²) in [7, 11) is -4.08. The van der Waals surface area contributed by atoms with Gasteiger partial charge < -0.3 is 0 Å². The van der Waals surface area contributed by atoms with Gasteiger partial charge in [0.1, 0.15) is 6.54 Å². The van der Waals surface area contributed by atoms with E-state index in [0.717, 1.165) is 14.3 Å². The van der Waals surface area contributed by atoms with Crippen LogP contribution in [-0.2, 0) is 14.8 Å². The summed E-state index contributed by atoms with van der Waals surface area (Å²) in [4.78, 5) is 12.5. The Bertz CT molecular complexity index is 1200. The average Bonchev–Trinajstić information content (AvgIpc) is 2.74. The molecule has 0 saturated carbocycles. The zero-order chi connectivity index (χ0) is 22.4. The van der Waals surface area contributed by atoms with Crippen LogP contribution >= 0.6 is 39.1 Å². The van der Waals surface area contributed by atoms with Crippen LogP contribution in [0.15, 0.2) is 87.3 Å². The zero-order valence-corrected chi connectivity index (χ0v) is 19.8. The van der Waals surface area contributed by atoms with Crippen LogP contribution in [0.3, 0.4) is 0 Å². The lowest BCUT2D eigenvalue weighted by Gasteiger charge is -2.24. The third-order valence-electron chi connectivity index (χ3n) is 4.07. The number of benzene rings is 3. The summed E-state index contributed by atoms with van der Waals surface area (Å²) in [5.74, 6) is -0.640. The van der Waals surface area contributed by atoms with E-state index in [1.807, 2.05) is 12.1 Å². The van der Waals surface area contributed by atoms with Crippen LogP contribution in [0.1, 0.15) is 5.56 Å². The molecule has 1 amide bonds. The molecule has 0 aromatic heterocycles. The Labute approximate surface area is 198 Å². The van der Waals surface area contributed by atoms with Crippen LogP contribution in [0, 0.1) is 0 Å². The number of amides is 1. The molecule has 0 unspecified atom stereocenters. The number of hydrazone groups is 1. The normalized spacial score (nSPS) is 11.5. The van der Waals surface area contributed by atoms with Gasteiger partial charge in [0.25, 0.3) is 15.9 Å². The van der Waals surface area contributed by atoms with Crippen molar-refractivity contribution in [2.24, 2.45) is 5.10 Å². The number of carbonyl (C=O) groups is 1. The molecule has 0 radical (unpaired) electrons. The van der Waals surface area contributed by atoms with E-state index in [1.165, 1.54) is 36.5 Å². The Kier molecular flexibility index (Phi) is 7.72. The van der Waals surface area contributed by atoms with Crippen molar-refractivity contribution in [3.8, 4) is 0 Å². The molecular formula is C21H16BrCl2N3O3S. The fraction of sp³-hybridized carbons (Fsp3) is 0.0476. The fourth-order valence-electron chi connectivity index (χ4n) is 2.60. The van der Waals surface area contributed by atoms with Crippen LogP contribution in [-0.4, -0.2) is 27.1 Å². The Morgan fingerprint density at radius 3 is 2.35 bits per heavy atom. The summed E-state index contributed by atoms with van der Waals surface area (Å²) in [5, 5.41) is 4.33. The molecule has 6 nitrogen and oxygen atoms in total. The van der Waals surface area contributed by atoms with Gasteiger partial charge in [-0.2, -0.15) is 5.10 Å². The second kappa shape index (κ2) is 10.3. The number of anilines is 1. The number of sulfonamides is 1. The molecule has 3 rings (SSSR count). The van der Waals surface area contributed by atoms with Gasteiger partial charge in [-0.1, -0.05) is 69.5 Å². The summed E-state index contributed by atoms with van der Waals surface area (Å²) < 4.78 is 28.3. The number of rotatable bonds is 7. The first-order valence-electron chi connectivity index (χ1n) is 8.88. The van der Waals surface area contributed by atoms with Gasteiger partial charge in [0.2, 0.25) is 0 Å². The van der Waals surface area contributed by atoms with E-state index in [4.69, 9.17) is 23.2 Å². The van der Waals surface area contributed by atoms with Gasteiger partial charge in [-0.25, -0.2) is 13.8 Å². The Morgan fingerprint density at radius 1 is 1.03 bits per heavy atom. The van der Waals surface area contributed by atoms with E-state index in [1.54, 1.807) is 30.3 Å². The van der Waals surface area contributed by atoms with Crippen molar-refractivity contribution in [1.82, 2.24) is 5.43 Å². The number of halogens is 3. The molecule has 0 saturated heterocycles. The standard InChI is InChI=1S/C21H16BrCl2N3O3S/c22-16-8-6-15(7-9-16)13-25-26-21(28)14-27(20-11-10-17(23)12-19(20)24)31(29,30)18-4-2-1-3-5-18/h1-13H,14H2,(H,26,28)/b25-13-. The number of hydrogen-bond donors (Lipinski definition) is 1. The molecule has 0 aliphatic carbocycles. The molecule has 0 aliphatic heterocycles.